The van der Waals surface area contributed by atoms with Crippen LogP contribution in [-0.4, -0.2) is 42.4 Å². The molecule has 5 nitrogen and oxygen atoms in total. The van der Waals surface area contributed by atoms with Crippen LogP contribution in [0.1, 0.15) is 69.2 Å². The molecular weight excluding hydrogens is 326 g/mol. The number of benzene rings is 1. The van der Waals surface area contributed by atoms with Gasteiger partial charge in [0.2, 0.25) is 0 Å². The predicted molar refractivity (Wildman–Crippen MR) is 105 cm³/mol. The molecule has 0 radical (unpaired) electrons. The minimum atomic E-state index is 0.0230. The Hall–Kier alpha value is -1.88. The van der Waals surface area contributed by atoms with Crippen LogP contribution in [0.2, 0.25) is 0 Å². The van der Waals surface area contributed by atoms with Crippen LogP contribution >= 0.6 is 0 Å². The van der Waals surface area contributed by atoms with Crippen molar-refractivity contribution in [2.24, 2.45) is 0 Å². The van der Waals surface area contributed by atoms with Crippen LogP contribution in [0, 0.1) is 0 Å². The summed E-state index contributed by atoms with van der Waals surface area (Å²) >= 11 is 0. The number of hydrogen-bond donors (Lipinski definition) is 2. The molecule has 0 atom stereocenters. The molecule has 1 fully saturated rings. The zero-order chi connectivity index (χ0) is 18.8. The van der Waals surface area contributed by atoms with Crippen molar-refractivity contribution in [2.75, 3.05) is 25.0 Å². The van der Waals surface area contributed by atoms with E-state index in [1.165, 1.54) is 44.9 Å². The van der Waals surface area contributed by atoms with Crippen molar-refractivity contribution in [1.29, 1.82) is 0 Å². The van der Waals surface area contributed by atoms with Gasteiger partial charge in [0.15, 0.2) is 6.54 Å². The molecule has 0 spiro atoms. The van der Waals surface area contributed by atoms with E-state index in [1.807, 2.05) is 26.0 Å². The highest BCUT2D eigenvalue weighted by atomic mass is 16.2. The maximum absolute atomic E-state index is 12.3. The molecule has 1 aromatic rings. The zero-order valence-corrected chi connectivity index (χ0v) is 16.3. The van der Waals surface area contributed by atoms with Crippen molar-refractivity contribution in [3.05, 3.63) is 29.8 Å². The summed E-state index contributed by atoms with van der Waals surface area (Å²) in [6.45, 7) is 5.81. The Bertz CT molecular complexity index is 559. The van der Waals surface area contributed by atoms with Crippen molar-refractivity contribution in [1.82, 2.24) is 4.90 Å². The lowest BCUT2D eigenvalue weighted by molar-refractivity contribution is -0.680. The molecule has 0 aliphatic heterocycles. The summed E-state index contributed by atoms with van der Waals surface area (Å²) in [5, 5.41) is 5.13. The number of amides is 2. The highest BCUT2D eigenvalue weighted by Gasteiger charge is 2.16. The lowest BCUT2D eigenvalue weighted by Gasteiger charge is -2.19. The van der Waals surface area contributed by atoms with Gasteiger partial charge in [-0.25, -0.2) is 0 Å². The van der Waals surface area contributed by atoms with Crippen molar-refractivity contribution in [2.45, 2.75) is 64.8 Å². The maximum Gasteiger partial charge on any atom is 0.279 e. The normalized spacial score (nSPS) is 15.8. The predicted octanol–water partition coefficient (Wildman–Crippen LogP) is 2.78. The second kappa shape index (κ2) is 11.0. The fraction of sp³-hybridized carbons (Fsp3) is 0.619. The molecule has 2 amide bonds. The Morgan fingerprint density at radius 3 is 2.15 bits per heavy atom. The highest BCUT2D eigenvalue weighted by Crippen LogP contribution is 2.15. The molecule has 144 valence electrons. The standard InChI is InChI=1S/C21H33N3O2/c1-3-24(4-2)21(26)17-12-14-19(15-13-17)23-20(25)16-22-18-10-8-6-5-7-9-11-18/h12-15,18,22H,3-11,16H2,1-2H3,(H,23,25)/p+1. The largest absolute Gasteiger partial charge is 0.339 e. The Kier molecular flexibility index (Phi) is 8.62. The number of quaternary nitrogens is 1. The molecule has 2 rings (SSSR count). The molecule has 0 heterocycles. The lowest BCUT2D eigenvalue weighted by Crippen LogP contribution is -2.91. The minimum Gasteiger partial charge on any atom is -0.339 e. The minimum absolute atomic E-state index is 0.0230. The Labute approximate surface area is 157 Å². The Morgan fingerprint density at radius 2 is 1.58 bits per heavy atom. The first-order valence-corrected chi connectivity index (χ1v) is 10.2. The smallest absolute Gasteiger partial charge is 0.279 e. The molecule has 0 aromatic heterocycles. The van der Waals surface area contributed by atoms with Crippen LogP contribution in [-0.2, 0) is 4.79 Å². The van der Waals surface area contributed by atoms with Crippen molar-refractivity contribution >= 4 is 17.5 Å². The molecule has 26 heavy (non-hydrogen) atoms. The van der Waals surface area contributed by atoms with Crippen molar-refractivity contribution in [3.63, 3.8) is 0 Å². The van der Waals surface area contributed by atoms with Gasteiger partial charge in [-0.1, -0.05) is 19.3 Å². The van der Waals surface area contributed by atoms with Crippen molar-refractivity contribution in [3.8, 4) is 0 Å². The van der Waals surface area contributed by atoms with E-state index in [2.05, 4.69) is 10.6 Å². The third-order valence-corrected chi connectivity index (χ3v) is 5.25. The quantitative estimate of drug-likeness (QED) is 0.785. The van der Waals surface area contributed by atoms with E-state index in [-0.39, 0.29) is 11.8 Å². The number of nitrogens with one attached hydrogen (secondary N) is 1. The van der Waals surface area contributed by atoms with Gasteiger partial charge in [-0.15, -0.1) is 0 Å². The third kappa shape index (κ3) is 6.45. The molecule has 0 bridgehead atoms. The van der Waals surface area contributed by atoms with Gasteiger partial charge in [0.05, 0.1) is 6.04 Å². The fourth-order valence-corrected chi connectivity index (χ4v) is 3.60. The fourth-order valence-electron chi connectivity index (χ4n) is 3.60. The van der Waals surface area contributed by atoms with Gasteiger partial charge in [-0.3, -0.25) is 9.59 Å². The number of nitrogens with two attached hydrogens (primary N) is 1. The van der Waals surface area contributed by atoms with Crippen LogP contribution in [0.3, 0.4) is 0 Å². The van der Waals surface area contributed by atoms with Gasteiger partial charge in [-0.2, -0.15) is 0 Å². The average molecular weight is 361 g/mol. The summed E-state index contributed by atoms with van der Waals surface area (Å²) < 4.78 is 0. The first-order chi connectivity index (χ1) is 12.6. The van der Waals surface area contributed by atoms with E-state index in [0.29, 0.717) is 31.2 Å². The maximum atomic E-state index is 12.3. The molecule has 1 aliphatic carbocycles. The SMILES string of the molecule is CCN(CC)C(=O)c1ccc(NC(=O)C[NH2+]C2CCCCCCC2)cc1. The topological polar surface area (TPSA) is 66.0 Å². The van der Waals surface area contributed by atoms with Crippen LogP contribution in [0.15, 0.2) is 24.3 Å². The van der Waals surface area contributed by atoms with Gasteiger partial charge >= 0.3 is 0 Å². The highest BCUT2D eigenvalue weighted by molar-refractivity contribution is 5.96. The van der Waals surface area contributed by atoms with Crippen LogP contribution < -0.4 is 10.6 Å². The van der Waals surface area contributed by atoms with E-state index in [1.54, 1.807) is 17.0 Å². The molecule has 3 N–H and O–H groups in total. The number of carbonyl (C=O) groups excluding carboxylic acids is 2. The van der Waals surface area contributed by atoms with Crippen molar-refractivity contribution < 1.29 is 14.9 Å². The van der Waals surface area contributed by atoms with Gasteiger partial charge in [0.25, 0.3) is 11.8 Å². The number of carbonyl (C=O) groups is 2. The van der Waals surface area contributed by atoms with Gasteiger partial charge in [0, 0.05) is 24.3 Å². The molecular formula is C21H34N3O2+. The van der Waals surface area contributed by atoms with E-state index >= 15 is 0 Å². The summed E-state index contributed by atoms with van der Waals surface area (Å²) in [6, 6.07) is 7.77. The molecule has 1 saturated carbocycles. The zero-order valence-electron chi connectivity index (χ0n) is 16.3. The Balaban J connectivity index is 1.80. The second-order valence-electron chi connectivity index (χ2n) is 7.15. The van der Waals surface area contributed by atoms with E-state index in [9.17, 15) is 9.59 Å². The summed E-state index contributed by atoms with van der Waals surface area (Å²) in [4.78, 5) is 26.3. The summed E-state index contributed by atoms with van der Waals surface area (Å²) in [7, 11) is 0. The Morgan fingerprint density at radius 1 is 1.00 bits per heavy atom. The van der Waals surface area contributed by atoms with Crippen LogP contribution in [0.25, 0.3) is 0 Å². The second-order valence-corrected chi connectivity index (χ2v) is 7.15. The first-order valence-electron chi connectivity index (χ1n) is 10.2. The number of nitrogens with zero attached hydrogens (tertiary/aromatic N) is 1. The van der Waals surface area contributed by atoms with Gasteiger partial charge in [0.1, 0.15) is 0 Å². The third-order valence-electron chi connectivity index (χ3n) is 5.25. The van der Waals surface area contributed by atoms with Gasteiger partial charge in [-0.05, 0) is 63.8 Å². The molecule has 1 aromatic carbocycles. The summed E-state index contributed by atoms with van der Waals surface area (Å²) in [5.41, 5.74) is 1.41. The molecule has 0 saturated heterocycles. The summed E-state index contributed by atoms with van der Waals surface area (Å²) in [5.74, 6) is 0.0559. The van der Waals surface area contributed by atoms with E-state index < -0.39 is 0 Å². The monoisotopic (exact) mass is 360 g/mol. The van der Waals surface area contributed by atoms with Crippen LogP contribution in [0.5, 0.6) is 0 Å². The van der Waals surface area contributed by atoms with Crippen LogP contribution in [0.4, 0.5) is 5.69 Å². The number of anilines is 1. The van der Waals surface area contributed by atoms with E-state index in [0.717, 1.165) is 5.69 Å². The average Bonchev–Trinajstić information content (AvgIpc) is 2.62. The van der Waals surface area contributed by atoms with E-state index in [4.69, 9.17) is 0 Å². The first kappa shape index (κ1) is 20.4. The molecule has 1 aliphatic rings. The summed E-state index contributed by atoms with van der Waals surface area (Å²) in [6.07, 6.45) is 9.02. The lowest BCUT2D eigenvalue weighted by atomic mass is 9.97. The molecule has 0 unspecified atom stereocenters. The van der Waals surface area contributed by atoms with Gasteiger partial charge < -0.3 is 15.5 Å². The number of rotatable bonds is 7. The number of hydrogen-bond acceptors (Lipinski definition) is 2. The molecule has 5 heteroatoms.